The van der Waals surface area contributed by atoms with Gasteiger partial charge in [-0.25, -0.2) is 4.98 Å². The lowest BCUT2D eigenvalue weighted by molar-refractivity contribution is -0.0821. The van der Waals surface area contributed by atoms with Crippen molar-refractivity contribution in [3.05, 3.63) is 64.8 Å². The maximum atomic E-state index is 10.5. The van der Waals surface area contributed by atoms with Gasteiger partial charge in [0.05, 0.1) is 43.1 Å². The number of aliphatic hydroxyl groups excluding tert-OH is 1. The van der Waals surface area contributed by atoms with E-state index < -0.39 is 11.7 Å². The summed E-state index contributed by atoms with van der Waals surface area (Å²) in [6.45, 7) is 9.85. The summed E-state index contributed by atoms with van der Waals surface area (Å²) in [6.07, 6.45) is 3.83. The van der Waals surface area contributed by atoms with Gasteiger partial charge in [0.25, 0.3) is 0 Å². The van der Waals surface area contributed by atoms with Crippen LogP contribution < -0.4 is 4.74 Å². The lowest BCUT2D eigenvalue weighted by Crippen LogP contribution is -2.25. The van der Waals surface area contributed by atoms with E-state index in [0.717, 1.165) is 61.8 Å². The maximum absolute atomic E-state index is 10.5. The molecule has 1 aliphatic carbocycles. The second-order valence-electron chi connectivity index (χ2n) is 11.3. The van der Waals surface area contributed by atoms with Crippen molar-refractivity contribution in [1.29, 1.82) is 0 Å². The minimum atomic E-state index is -0.501. The molecule has 3 heterocycles. The molecule has 1 saturated carbocycles. The van der Waals surface area contributed by atoms with Crippen molar-refractivity contribution in [3.8, 4) is 17.0 Å². The van der Waals surface area contributed by atoms with Gasteiger partial charge in [0.2, 0.25) is 5.88 Å². The molecule has 37 heavy (non-hydrogen) atoms. The van der Waals surface area contributed by atoms with Crippen molar-refractivity contribution in [3.63, 3.8) is 0 Å². The molecule has 2 aliphatic rings. The Morgan fingerprint density at radius 2 is 1.86 bits per heavy atom. The van der Waals surface area contributed by atoms with E-state index in [0.29, 0.717) is 25.0 Å². The zero-order chi connectivity index (χ0) is 25.7. The summed E-state index contributed by atoms with van der Waals surface area (Å²) in [6, 6.07) is 12.4. The van der Waals surface area contributed by atoms with Crippen LogP contribution in [0.25, 0.3) is 32.9 Å². The first kappa shape index (κ1) is 24.3. The Balaban J connectivity index is 1.61. The van der Waals surface area contributed by atoms with Crippen LogP contribution in [-0.4, -0.2) is 33.9 Å². The molecule has 1 fully saturated rings. The number of aryl methyl sites for hydroxylation is 1. The zero-order valence-electron chi connectivity index (χ0n) is 22.0. The highest BCUT2D eigenvalue weighted by molar-refractivity contribution is 6.06. The van der Waals surface area contributed by atoms with E-state index in [9.17, 15) is 5.11 Å². The Bertz CT molecular complexity index is 1480. The van der Waals surface area contributed by atoms with Crippen LogP contribution in [0.5, 0.6) is 5.88 Å². The van der Waals surface area contributed by atoms with Crippen LogP contribution in [-0.2, 0) is 22.7 Å². The van der Waals surface area contributed by atoms with Gasteiger partial charge in [-0.15, -0.1) is 0 Å². The van der Waals surface area contributed by atoms with Crippen molar-refractivity contribution in [1.82, 2.24) is 9.97 Å². The summed E-state index contributed by atoms with van der Waals surface area (Å²) in [4.78, 5) is 9.77. The molecule has 1 aliphatic heterocycles. The Kier molecular flexibility index (Phi) is 6.14. The van der Waals surface area contributed by atoms with Crippen LogP contribution >= 0.6 is 0 Å². The number of fused-ring (bicyclic) bond motifs is 1. The number of ether oxygens (including phenoxy) is 3. The smallest absolute Gasteiger partial charge is 0.213 e. The van der Waals surface area contributed by atoms with Crippen LogP contribution in [0.2, 0.25) is 0 Å². The van der Waals surface area contributed by atoms with Crippen molar-refractivity contribution < 1.29 is 19.3 Å². The third-order valence-electron chi connectivity index (χ3n) is 7.21. The predicted octanol–water partition coefficient (Wildman–Crippen LogP) is 6.43. The molecule has 0 bridgehead atoms. The van der Waals surface area contributed by atoms with E-state index in [4.69, 9.17) is 24.2 Å². The molecule has 1 atom stereocenters. The molecule has 192 valence electrons. The zero-order valence-corrected chi connectivity index (χ0v) is 22.0. The van der Waals surface area contributed by atoms with Crippen LogP contribution in [0.1, 0.15) is 62.0 Å². The fourth-order valence-corrected chi connectivity index (χ4v) is 5.41. The third-order valence-corrected chi connectivity index (χ3v) is 7.21. The van der Waals surface area contributed by atoms with E-state index in [1.54, 1.807) is 0 Å². The normalized spacial score (nSPS) is 16.4. The average Bonchev–Trinajstić information content (AvgIpc) is 3.70. The average molecular weight is 499 g/mol. The number of nitrogens with zero attached hydrogens (tertiary/aromatic N) is 2. The van der Waals surface area contributed by atoms with Gasteiger partial charge in [-0.1, -0.05) is 12.1 Å². The standard InChI is InChI=1S/C31H34N2O4/c1-18-13-24-22(9-10-26(33-24)36-15-19-5-6-19)29(27(18)25(14-34)37-31(2,3)4)23-8-7-20-16-35-17-21-11-12-32-30(23)28(20)21/h7-13,19,25,34H,5-6,14-17H2,1-4H3/t25-/m1/s1. The van der Waals surface area contributed by atoms with Gasteiger partial charge >= 0.3 is 0 Å². The highest BCUT2D eigenvalue weighted by Crippen LogP contribution is 2.44. The molecule has 0 saturated heterocycles. The maximum Gasteiger partial charge on any atom is 0.213 e. The third kappa shape index (κ3) is 4.70. The van der Waals surface area contributed by atoms with Crippen LogP contribution in [0.15, 0.2) is 42.6 Å². The fourth-order valence-electron chi connectivity index (χ4n) is 5.41. The summed E-state index contributed by atoms with van der Waals surface area (Å²) in [5, 5.41) is 12.7. The Labute approximate surface area is 217 Å². The summed E-state index contributed by atoms with van der Waals surface area (Å²) >= 11 is 0. The predicted molar refractivity (Wildman–Crippen MR) is 145 cm³/mol. The number of aliphatic hydroxyl groups is 1. The van der Waals surface area contributed by atoms with Gasteiger partial charge in [0, 0.05) is 28.6 Å². The largest absolute Gasteiger partial charge is 0.477 e. The first-order valence-electron chi connectivity index (χ1n) is 13.2. The number of benzene rings is 2. The molecule has 6 heteroatoms. The number of aromatic nitrogens is 2. The first-order valence-corrected chi connectivity index (χ1v) is 13.2. The lowest BCUT2D eigenvalue weighted by Gasteiger charge is -2.30. The monoisotopic (exact) mass is 498 g/mol. The first-order chi connectivity index (χ1) is 17.8. The van der Waals surface area contributed by atoms with Crippen molar-refractivity contribution in [2.24, 2.45) is 5.92 Å². The van der Waals surface area contributed by atoms with E-state index in [2.05, 4.69) is 31.2 Å². The van der Waals surface area contributed by atoms with E-state index in [-0.39, 0.29) is 6.61 Å². The van der Waals surface area contributed by atoms with Gasteiger partial charge in [-0.3, -0.25) is 4.98 Å². The SMILES string of the molecule is Cc1cc2nc(OCC3CC3)ccc2c(-c2ccc3c4c(ccnc24)COC3)c1[C@@H](CO)OC(C)(C)C. The molecule has 1 N–H and O–H groups in total. The number of hydrogen-bond acceptors (Lipinski definition) is 6. The van der Waals surface area contributed by atoms with Gasteiger partial charge in [-0.2, -0.15) is 0 Å². The molecular weight excluding hydrogens is 464 g/mol. The minimum Gasteiger partial charge on any atom is -0.477 e. The Hall–Kier alpha value is -3.06. The van der Waals surface area contributed by atoms with Crippen LogP contribution in [0.4, 0.5) is 0 Å². The molecule has 0 radical (unpaired) electrons. The lowest BCUT2D eigenvalue weighted by atomic mass is 9.86. The molecule has 0 spiro atoms. The second-order valence-corrected chi connectivity index (χ2v) is 11.3. The minimum absolute atomic E-state index is 0.130. The molecule has 6 nitrogen and oxygen atoms in total. The second kappa shape index (κ2) is 9.35. The highest BCUT2D eigenvalue weighted by atomic mass is 16.5. The van der Waals surface area contributed by atoms with Crippen molar-refractivity contribution in [2.75, 3.05) is 13.2 Å². The van der Waals surface area contributed by atoms with Gasteiger partial charge in [-0.05, 0) is 92.5 Å². The summed E-state index contributed by atoms with van der Waals surface area (Å²) in [7, 11) is 0. The molecule has 6 rings (SSSR count). The Morgan fingerprint density at radius 1 is 1.08 bits per heavy atom. The van der Waals surface area contributed by atoms with Crippen LogP contribution in [0, 0.1) is 12.8 Å². The Morgan fingerprint density at radius 3 is 2.59 bits per heavy atom. The molecule has 0 unspecified atom stereocenters. The number of hydrogen-bond donors (Lipinski definition) is 1. The molecular formula is C31H34N2O4. The van der Waals surface area contributed by atoms with E-state index in [1.165, 1.54) is 12.8 Å². The summed E-state index contributed by atoms with van der Waals surface area (Å²) in [5.74, 6) is 1.30. The molecule has 0 amide bonds. The van der Waals surface area contributed by atoms with Gasteiger partial charge < -0.3 is 19.3 Å². The summed E-state index contributed by atoms with van der Waals surface area (Å²) in [5.41, 5.74) is 7.65. The topological polar surface area (TPSA) is 73.7 Å². The molecule has 4 aromatic rings. The van der Waals surface area contributed by atoms with E-state index >= 15 is 0 Å². The van der Waals surface area contributed by atoms with E-state index in [1.807, 2.05) is 39.1 Å². The van der Waals surface area contributed by atoms with Crippen molar-refractivity contribution >= 4 is 21.8 Å². The number of pyridine rings is 2. The molecule has 2 aromatic heterocycles. The quantitative estimate of drug-likeness (QED) is 0.317. The van der Waals surface area contributed by atoms with Crippen molar-refractivity contribution in [2.45, 2.75) is 65.5 Å². The highest BCUT2D eigenvalue weighted by Gasteiger charge is 2.28. The van der Waals surface area contributed by atoms with Gasteiger partial charge in [0.1, 0.15) is 6.10 Å². The van der Waals surface area contributed by atoms with Gasteiger partial charge in [0.15, 0.2) is 0 Å². The fraction of sp³-hybridized carbons (Fsp3) is 0.419. The summed E-state index contributed by atoms with van der Waals surface area (Å²) < 4.78 is 18.2. The molecule has 2 aromatic carbocycles. The number of rotatable bonds is 7. The van der Waals surface area contributed by atoms with Crippen LogP contribution in [0.3, 0.4) is 0 Å².